The van der Waals surface area contributed by atoms with Crippen LogP contribution in [0.3, 0.4) is 0 Å². The van der Waals surface area contributed by atoms with Gasteiger partial charge < -0.3 is 9.52 Å². The Morgan fingerprint density at radius 2 is 1.91 bits per heavy atom. The third-order valence-corrected chi connectivity index (χ3v) is 5.46. The van der Waals surface area contributed by atoms with Gasteiger partial charge in [0, 0.05) is 5.56 Å². The van der Waals surface area contributed by atoms with Gasteiger partial charge in [0.1, 0.15) is 17.1 Å². The molecule has 9 heteroatoms. The molecule has 4 rings (SSSR count). The Hall–Kier alpha value is -3.75. The molecule has 1 aliphatic rings. The molecule has 3 aromatic rings. The highest BCUT2D eigenvalue weighted by Gasteiger charge is 2.35. The number of amides is 2. The lowest BCUT2D eigenvalue weighted by Gasteiger charge is -2.29. The Morgan fingerprint density at radius 1 is 1.16 bits per heavy atom. The van der Waals surface area contributed by atoms with Crippen LogP contribution in [0.2, 0.25) is 5.02 Å². The first kappa shape index (κ1) is 21.5. The first-order chi connectivity index (χ1) is 15.3. The van der Waals surface area contributed by atoms with Crippen LogP contribution in [0, 0.1) is 6.92 Å². The normalized spacial score (nSPS) is 15.2. The van der Waals surface area contributed by atoms with Crippen molar-refractivity contribution in [3.05, 3.63) is 82.1 Å². The number of furan rings is 1. The number of rotatable bonds is 4. The van der Waals surface area contributed by atoms with E-state index < -0.39 is 17.8 Å². The maximum absolute atomic E-state index is 13.1. The molecule has 2 heterocycles. The molecule has 0 bridgehead atoms. The molecule has 0 atom stereocenters. The number of anilines is 1. The van der Waals surface area contributed by atoms with Crippen LogP contribution in [-0.2, 0) is 9.59 Å². The number of thiocarbonyl (C=S) groups is 1. The fourth-order valence-electron chi connectivity index (χ4n) is 3.25. The number of hydrogen-bond acceptors (Lipinski definition) is 5. The molecule has 2 N–H and O–H groups in total. The number of carbonyl (C=O) groups is 3. The number of carboxylic acids is 1. The first-order valence-corrected chi connectivity index (χ1v) is 10.1. The third-order valence-electron chi connectivity index (χ3n) is 4.86. The van der Waals surface area contributed by atoms with Crippen LogP contribution in [0.1, 0.15) is 21.7 Å². The van der Waals surface area contributed by atoms with E-state index in [1.54, 1.807) is 42.5 Å². The molecule has 32 heavy (non-hydrogen) atoms. The molecular weight excluding hydrogens is 452 g/mol. The van der Waals surface area contributed by atoms with Gasteiger partial charge in [-0.1, -0.05) is 29.8 Å². The summed E-state index contributed by atoms with van der Waals surface area (Å²) in [5, 5.41) is 11.9. The fourth-order valence-corrected chi connectivity index (χ4v) is 3.74. The SMILES string of the molecule is Cc1ccc(C(=O)O)cc1-c1ccc(/C=C2\C(=O)NC(=S)N(c3ccccc3Cl)C2=O)o1. The van der Waals surface area contributed by atoms with Gasteiger partial charge in [-0.3, -0.25) is 19.8 Å². The molecule has 1 aromatic heterocycles. The number of halogens is 1. The number of aromatic carboxylic acids is 1. The summed E-state index contributed by atoms with van der Waals surface area (Å²) in [5.74, 6) is -1.72. The second-order valence-electron chi connectivity index (χ2n) is 6.95. The summed E-state index contributed by atoms with van der Waals surface area (Å²) in [6.45, 7) is 1.82. The van der Waals surface area contributed by atoms with Crippen molar-refractivity contribution in [1.82, 2.24) is 5.32 Å². The molecule has 2 aromatic carbocycles. The number of aryl methyl sites for hydroxylation is 1. The van der Waals surface area contributed by atoms with Crippen LogP contribution >= 0.6 is 23.8 Å². The van der Waals surface area contributed by atoms with Gasteiger partial charge in [0.25, 0.3) is 11.8 Å². The molecule has 0 aliphatic carbocycles. The minimum Gasteiger partial charge on any atom is -0.478 e. The van der Waals surface area contributed by atoms with Crippen LogP contribution in [0.15, 0.2) is 64.6 Å². The van der Waals surface area contributed by atoms with E-state index in [0.717, 1.165) is 10.5 Å². The largest absolute Gasteiger partial charge is 0.478 e. The smallest absolute Gasteiger partial charge is 0.335 e. The lowest BCUT2D eigenvalue weighted by molar-refractivity contribution is -0.122. The Bertz CT molecular complexity index is 1330. The summed E-state index contributed by atoms with van der Waals surface area (Å²) in [4.78, 5) is 38.0. The van der Waals surface area contributed by atoms with Gasteiger partial charge in [-0.05, 0) is 67.2 Å². The van der Waals surface area contributed by atoms with Gasteiger partial charge in [0.15, 0.2) is 5.11 Å². The molecular formula is C23H15ClN2O5S. The number of nitrogens with zero attached hydrogens (tertiary/aromatic N) is 1. The van der Waals surface area contributed by atoms with E-state index in [1.165, 1.54) is 18.2 Å². The molecule has 2 amide bonds. The summed E-state index contributed by atoms with van der Waals surface area (Å²) in [7, 11) is 0. The van der Waals surface area contributed by atoms with E-state index >= 15 is 0 Å². The van der Waals surface area contributed by atoms with Crippen LogP contribution in [0.5, 0.6) is 0 Å². The minimum atomic E-state index is -1.06. The van der Waals surface area contributed by atoms with Gasteiger partial charge >= 0.3 is 5.97 Å². The van der Waals surface area contributed by atoms with Crippen molar-refractivity contribution in [1.29, 1.82) is 0 Å². The molecule has 160 valence electrons. The van der Waals surface area contributed by atoms with Crippen molar-refractivity contribution in [3.8, 4) is 11.3 Å². The maximum atomic E-state index is 13.1. The van der Waals surface area contributed by atoms with E-state index in [0.29, 0.717) is 22.0 Å². The first-order valence-electron chi connectivity index (χ1n) is 9.36. The zero-order chi connectivity index (χ0) is 23.0. The molecule has 0 saturated carbocycles. The summed E-state index contributed by atoms with van der Waals surface area (Å²) in [6.07, 6.45) is 1.31. The highest BCUT2D eigenvalue weighted by Crippen LogP contribution is 2.30. The predicted molar refractivity (Wildman–Crippen MR) is 123 cm³/mol. The zero-order valence-electron chi connectivity index (χ0n) is 16.6. The Labute approximate surface area is 192 Å². The standard InChI is InChI=1S/C23H15ClN2O5S/c1-12-6-7-13(22(29)30)10-15(12)19-9-8-14(31-19)11-16-20(27)25-23(32)26(21(16)28)18-5-3-2-4-17(18)24/h2-11H,1H3,(H,29,30)(H,25,27,32)/b16-11+. The second-order valence-corrected chi connectivity index (χ2v) is 7.74. The summed E-state index contributed by atoms with van der Waals surface area (Å²) >= 11 is 11.4. The van der Waals surface area contributed by atoms with E-state index in [4.69, 9.17) is 28.2 Å². The van der Waals surface area contributed by atoms with E-state index in [9.17, 15) is 19.5 Å². The maximum Gasteiger partial charge on any atom is 0.335 e. The average molecular weight is 467 g/mol. The van der Waals surface area contributed by atoms with Gasteiger partial charge in [0.05, 0.1) is 16.3 Å². The van der Waals surface area contributed by atoms with Crippen molar-refractivity contribution in [3.63, 3.8) is 0 Å². The molecule has 0 spiro atoms. The predicted octanol–water partition coefficient (Wildman–Crippen LogP) is 4.44. The van der Waals surface area contributed by atoms with Crippen LogP contribution in [0.4, 0.5) is 5.69 Å². The summed E-state index contributed by atoms with van der Waals surface area (Å²) in [5.41, 5.74) is 1.68. The highest BCUT2D eigenvalue weighted by molar-refractivity contribution is 7.80. The topological polar surface area (TPSA) is 99.8 Å². The highest BCUT2D eigenvalue weighted by atomic mass is 35.5. The molecule has 0 radical (unpaired) electrons. The number of carbonyl (C=O) groups excluding carboxylic acids is 2. The quantitative estimate of drug-likeness (QED) is 0.335. The number of para-hydroxylation sites is 1. The minimum absolute atomic E-state index is 0.0773. The van der Waals surface area contributed by atoms with Crippen molar-refractivity contribution >= 4 is 58.5 Å². The molecule has 1 saturated heterocycles. The van der Waals surface area contributed by atoms with Crippen molar-refractivity contribution < 1.29 is 23.9 Å². The van der Waals surface area contributed by atoms with Crippen molar-refractivity contribution in [2.45, 2.75) is 6.92 Å². The zero-order valence-corrected chi connectivity index (χ0v) is 18.2. The van der Waals surface area contributed by atoms with Gasteiger partial charge in [0.2, 0.25) is 0 Å². The lowest BCUT2D eigenvalue weighted by atomic mass is 10.0. The van der Waals surface area contributed by atoms with Gasteiger partial charge in [-0.25, -0.2) is 4.79 Å². The van der Waals surface area contributed by atoms with Crippen molar-refractivity contribution in [2.75, 3.05) is 4.90 Å². The second kappa shape index (κ2) is 8.41. The average Bonchev–Trinajstić information content (AvgIpc) is 3.21. The summed E-state index contributed by atoms with van der Waals surface area (Å²) < 4.78 is 5.80. The number of hydrogen-bond donors (Lipinski definition) is 2. The van der Waals surface area contributed by atoms with Crippen molar-refractivity contribution in [2.24, 2.45) is 0 Å². The van der Waals surface area contributed by atoms with Gasteiger partial charge in [-0.2, -0.15) is 0 Å². The monoisotopic (exact) mass is 466 g/mol. The number of carboxylic acid groups (broad SMARTS) is 1. The van der Waals surface area contributed by atoms with E-state index in [1.807, 2.05) is 6.92 Å². The lowest BCUT2D eigenvalue weighted by Crippen LogP contribution is -2.54. The van der Waals surface area contributed by atoms with E-state index in [2.05, 4.69) is 5.32 Å². The van der Waals surface area contributed by atoms with Crippen LogP contribution in [0.25, 0.3) is 17.4 Å². The Kier molecular flexibility index (Phi) is 5.65. The molecule has 0 unspecified atom stereocenters. The van der Waals surface area contributed by atoms with Crippen LogP contribution in [-0.4, -0.2) is 28.0 Å². The molecule has 1 aliphatic heterocycles. The fraction of sp³-hybridized carbons (Fsp3) is 0.0435. The van der Waals surface area contributed by atoms with Crippen LogP contribution < -0.4 is 10.2 Å². The Balaban J connectivity index is 1.71. The number of benzene rings is 2. The van der Waals surface area contributed by atoms with E-state index in [-0.39, 0.29) is 22.0 Å². The third kappa shape index (κ3) is 3.93. The Morgan fingerprint density at radius 3 is 2.62 bits per heavy atom. The molecule has 1 fully saturated rings. The van der Waals surface area contributed by atoms with Gasteiger partial charge in [-0.15, -0.1) is 0 Å². The number of nitrogens with one attached hydrogen (secondary N) is 1. The summed E-state index contributed by atoms with van der Waals surface area (Å²) in [6, 6.07) is 14.6. The molecule has 7 nitrogen and oxygen atoms in total.